The van der Waals surface area contributed by atoms with Gasteiger partial charge in [0.15, 0.2) is 0 Å². The summed E-state index contributed by atoms with van der Waals surface area (Å²) in [5.41, 5.74) is 0.783. The maximum absolute atomic E-state index is 6.01. The lowest BCUT2D eigenvalue weighted by Gasteiger charge is -2.26. The van der Waals surface area contributed by atoms with Crippen LogP contribution in [0, 0.1) is 0 Å². The molecule has 23 heavy (non-hydrogen) atoms. The van der Waals surface area contributed by atoms with E-state index in [9.17, 15) is 0 Å². The van der Waals surface area contributed by atoms with Gasteiger partial charge in [-0.2, -0.15) is 4.98 Å². The third kappa shape index (κ3) is 4.93. The summed E-state index contributed by atoms with van der Waals surface area (Å²) < 4.78 is 5.33. The van der Waals surface area contributed by atoms with Gasteiger partial charge >= 0.3 is 0 Å². The molecule has 1 aromatic heterocycles. The summed E-state index contributed by atoms with van der Waals surface area (Å²) in [5.74, 6) is 1.22. The summed E-state index contributed by atoms with van der Waals surface area (Å²) >= 11 is 12.0. The Morgan fingerprint density at radius 3 is 2.48 bits per heavy atom. The van der Waals surface area contributed by atoms with E-state index in [-0.39, 0.29) is 0 Å². The van der Waals surface area contributed by atoms with Crippen LogP contribution in [0.3, 0.4) is 0 Å². The van der Waals surface area contributed by atoms with Gasteiger partial charge < -0.3 is 9.42 Å². The smallest absolute Gasteiger partial charge is 0.226 e. The monoisotopic (exact) mass is 353 g/mol. The fourth-order valence-electron chi connectivity index (χ4n) is 2.95. The van der Waals surface area contributed by atoms with Crippen LogP contribution in [0.25, 0.3) is 11.4 Å². The number of rotatable bonds is 6. The number of nitrogens with zero attached hydrogens (tertiary/aromatic N) is 3. The van der Waals surface area contributed by atoms with Gasteiger partial charge in [0.2, 0.25) is 11.7 Å². The van der Waals surface area contributed by atoms with Crippen molar-refractivity contribution in [1.82, 2.24) is 15.0 Å². The molecule has 0 radical (unpaired) electrons. The molecule has 0 N–H and O–H groups in total. The Labute approximate surface area is 146 Å². The van der Waals surface area contributed by atoms with Crippen molar-refractivity contribution in [3.63, 3.8) is 0 Å². The van der Waals surface area contributed by atoms with E-state index in [1.807, 2.05) is 0 Å². The van der Waals surface area contributed by atoms with Gasteiger partial charge in [0, 0.05) is 22.0 Å². The maximum Gasteiger partial charge on any atom is 0.226 e. The van der Waals surface area contributed by atoms with Crippen LogP contribution in [0.1, 0.15) is 38.0 Å². The molecule has 0 saturated carbocycles. The number of hydrogen-bond donors (Lipinski definition) is 0. The summed E-state index contributed by atoms with van der Waals surface area (Å²) in [7, 11) is 0. The van der Waals surface area contributed by atoms with Crippen LogP contribution in [-0.4, -0.2) is 34.7 Å². The fraction of sp³-hybridized carbons (Fsp3) is 0.529. The zero-order valence-electron chi connectivity index (χ0n) is 13.1. The first-order valence-electron chi connectivity index (χ1n) is 8.22. The standard InChI is InChI=1S/C17H21Cl2N3O/c18-14-10-13(11-15(19)12-14)17-20-16(23-21-17)6-2-5-9-22-7-3-1-4-8-22/h10-12H,1-9H2. The van der Waals surface area contributed by atoms with Crippen molar-refractivity contribution in [2.45, 2.75) is 38.5 Å². The molecule has 0 unspecified atom stereocenters. The quantitative estimate of drug-likeness (QED) is 0.696. The van der Waals surface area contributed by atoms with Gasteiger partial charge in [-0.3, -0.25) is 0 Å². The molecule has 3 rings (SSSR count). The van der Waals surface area contributed by atoms with Crippen LogP contribution in [-0.2, 0) is 6.42 Å². The van der Waals surface area contributed by atoms with Crippen molar-refractivity contribution >= 4 is 23.2 Å². The van der Waals surface area contributed by atoms with Crippen molar-refractivity contribution in [1.29, 1.82) is 0 Å². The largest absolute Gasteiger partial charge is 0.339 e. The lowest BCUT2D eigenvalue weighted by molar-refractivity contribution is 0.224. The highest BCUT2D eigenvalue weighted by atomic mass is 35.5. The van der Waals surface area contributed by atoms with Gasteiger partial charge in [-0.05, 0) is 63.5 Å². The molecule has 2 aromatic rings. The van der Waals surface area contributed by atoms with Gasteiger partial charge in [-0.1, -0.05) is 34.8 Å². The highest BCUT2D eigenvalue weighted by molar-refractivity contribution is 6.35. The molecule has 1 aliphatic heterocycles. The number of halogens is 2. The second kappa shape index (κ2) is 8.13. The van der Waals surface area contributed by atoms with E-state index >= 15 is 0 Å². The summed E-state index contributed by atoms with van der Waals surface area (Å²) in [6, 6.07) is 5.27. The normalized spacial score (nSPS) is 15.9. The Balaban J connectivity index is 1.49. The van der Waals surface area contributed by atoms with Gasteiger partial charge in [-0.15, -0.1) is 0 Å². The van der Waals surface area contributed by atoms with Crippen molar-refractivity contribution in [2.24, 2.45) is 0 Å². The summed E-state index contributed by atoms with van der Waals surface area (Å²) in [5, 5.41) is 5.16. The average Bonchev–Trinajstić information content (AvgIpc) is 3.01. The lowest BCUT2D eigenvalue weighted by atomic mass is 10.1. The minimum absolute atomic E-state index is 0.542. The highest BCUT2D eigenvalue weighted by Gasteiger charge is 2.12. The van der Waals surface area contributed by atoms with Gasteiger partial charge in [0.25, 0.3) is 0 Å². The molecule has 1 saturated heterocycles. The zero-order valence-corrected chi connectivity index (χ0v) is 14.6. The molecule has 124 valence electrons. The van der Waals surface area contributed by atoms with Gasteiger partial charge in [-0.25, -0.2) is 0 Å². The van der Waals surface area contributed by atoms with E-state index in [4.69, 9.17) is 27.7 Å². The van der Waals surface area contributed by atoms with E-state index in [2.05, 4.69) is 15.0 Å². The number of unbranched alkanes of at least 4 members (excludes halogenated alkanes) is 1. The predicted molar refractivity (Wildman–Crippen MR) is 93.0 cm³/mol. The Morgan fingerprint density at radius 2 is 1.74 bits per heavy atom. The SMILES string of the molecule is Clc1cc(Cl)cc(-c2noc(CCCCN3CCCCC3)n2)c1. The highest BCUT2D eigenvalue weighted by Crippen LogP contribution is 2.25. The summed E-state index contributed by atoms with van der Waals surface area (Å²) in [6.07, 6.45) is 7.11. The first-order chi connectivity index (χ1) is 11.2. The minimum atomic E-state index is 0.542. The third-order valence-electron chi connectivity index (χ3n) is 4.15. The zero-order chi connectivity index (χ0) is 16.1. The molecule has 1 aliphatic rings. The molecular weight excluding hydrogens is 333 g/mol. The molecule has 0 bridgehead atoms. The van der Waals surface area contributed by atoms with Crippen molar-refractivity contribution in [2.75, 3.05) is 19.6 Å². The third-order valence-corrected chi connectivity index (χ3v) is 4.59. The first kappa shape index (κ1) is 16.7. The van der Waals surface area contributed by atoms with E-state index in [0.717, 1.165) is 18.4 Å². The van der Waals surface area contributed by atoms with Gasteiger partial charge in [0.05, 0.1) is 0 Å². The Bertz CT molecular complexity index is 618. The average molecular weight is 354 g/mol. The summed E-state index contributed by atoms with van der Waals surface area (Å²) in [6.45, 7) is 3.67. The van der Waals surface area contributed by atoms with Crippen molar-refractivity contribution < 1.29 is 4.52 Å². The first-order valence-corrected chi connectivity index (χ1v) is 8.98. The Hall–Kier alpha value is -1.10. The molecule has 6 heteroatoms. The van der Waals surface area contributed by atoms with E-state index in [0.29, 0.717) is 21.8 Å². The molecule has 0 aliphatic carbocycles. The number of benzene rings is 1. The van der Waals surface area contributed by atoms with Crippen molar-refractivity contribution in [3.05, 3.63) is 34.1 Å². The van der Waals surface area contributed by atoms with E-state index in [1.165, 1.54) is 45.3 Å². The minimum Gasteiger partial charge on any atom is -0.339 e. The maximum atomic E-state index is 6.01. The summed E-state index contributed by atoms with van der Waals surface area (Å²) in [4.78, 5) is 6.99. The van der Waals surface area contributed by atoms with E-state index in [1.54, 1.807) is 18.2 Å². The van der Waals surface area contributed by atoms with Crippen LogP contribution >= 0.6 is 23.2 Å². The second-order valence-electron chi connectivity index (χ2n) is 6.03. The van der Waals surface area contributed by atoms with Crippen molar-refractivity contribution in [3.8, 4) is 11.4 Å². The molecule has 4 nitrogen and oxygen atoms in total. The molecule has 0 amide bonds. The molecular formula is C17H21Cl2N3O. The van der Waals surface area contributed by atoms with Crippen LogP contribution in [0.4, 0.5) is 0 Å². The molecule has 2 heterocycles. The molecule has 1 fully saturated rings. The molecule has 1 aromatic carbocycles. The predicted octanol–water partition coefficient (Wildman–Crippen LogP) is 4.85. The Kier molecular flexibility index (Phi) is 5.92. The van der Waals surface area contributed by atoms with Crippen LogP contribution in [0.15, 0.2) is 22.7 Å². The number of likely N-dealkylation sites (tertiary alicyclic amines) is 1. The number of aromatic nitrogens is 2. The van der Waals surface area contributed by atoms with Crippen LogP contribution in [0.5, 0.6) is 0 Å². The number of hydrogen-bond acceptors (Lipinski definition) is 4. The topological polar surface area (TPSA) is 42.2 Å². The van der Waals surface area contributed by atoms with Gasteiger partial charge in [0.1, 0.15) is 0 Å². The number of piperidine rings is 1. The molecule has 0 atom stereocenters. The number of aryl methyl sites for hydroxylation is 1. The molecule has 0 spiro atoms. The second-order valence-corrected chi connectivity index (χ2v) is 6.90. The Morgan fingerprint density at radius 1 is 1.00 bits per heavy atom. The van der Waals surface area contributed by atoms with E-state index < -0.39 is 0 Å². The lowest BCUT2D eigenvalue weighted by Crippen LogP contribution is -2.30. The van der Waals surface area contributed by atoms with Crippen LogP contribution < -0.4 is 0 Å². The fourth-order valence-corrected chi connectivity index (χ4v) is 3.48. The van der Waals surface area contributed by atoms with Crippen LogP contribution in [0.2, 0.25) is 10.0 Å².